The van der Waals surface area contributed by atoms with Crippen LogP contribution in [-0.2, 0) is 17.8 Å². The average molecular weight is 325 g/mol. The summed E-state index contributed by atoms with van der Waals surface area (Å²) in [4.78, 5) is 12.4. The number of anilines is 1. The van der Waals surface area contributed by atoms with Crippen LogP contribution in [-0.4, -0.2) is 12.5 Å². The normalized spacial score (nSPS) is 24.5. The largest absolute Gasteiger partial charge is 0.323 e. The summed E-state index contributed by atoms with van der Waals surface area (Å²) in [7, 11) is 0. The molecule has 1 amide bonds. The molecule has 1 aliphatic heterocycles. The highest BCUT2D eigenvalue weighted by Crippen LogP contribution is 2.63. The highest BCUT2D eigenvalue weighted by molar-refractivity contribution is 5.95. The van der Waals surface area contributed by atoms with E-state index >= 15 is 0 Å². The Kier molecular flexibility index (Phi) is 4.17. The molecule has 4 rings (SSSR count). The maximum Gasteiger partial charge on any atom is 0.228 e. The molecule has 1 aromatic rings. The maximum absolute atomic E-state index is 14.5. The van der Waals surface area contributed by atoms with E-state index in [1.807, 2.05) is 6.07 Å². The van der Waals surface area contributed by atoms with E-state index in [4.69, 9.17) is 0 Å². The minimum absolute atomic E-state index is 0. The Morgan fingerprint density at radius 2 is 2.09 bits per heavy atom. The quantitative estimate of drug-likeness (QED) is 0.875. The number of rotatable bonds is 2. The Morgan fingerprint density at radius 3 is 2.86 bits per heavy atom. The van der Waals surface area contributed by atoms with E-state index in [0.717, 1.165) is 24.1 Å². The van der Waals surface area contributed by atoms with Gasteiger partial charge in [0.1, 0.15) is 5.82 Å². The van der Waals surface area contributed by atoms with Crippen LogP contribution in [0.3, 0.4) is 0 Å². The number of nitrogens with one attached hydrogen (secondary N) is 2. The summed E-state index contributed by atoms with van der Waals surface area (Å²) < 4.78 is 14.5. The average Bonchev–Trinajstić information content (AvgIpc) is 3.00. The van der Waals surface area contributed by atoms with Gasteiger partial charge in [-0.25, -0.2) is 4.39 Å². The summed E-state index contributed by atoms with van der Waals surface area (Å²) in [6.07, 6.45) is 6.51. The molecular formula is C17H22ClFN2O. The zero-order valence-corrected chi connectivity index (χ0v) is 13.4. The summed E-state index contributed by atoms with van der Waals surface area (Å²) in [6, 6.07) is 3.64. The van der Waals surface area contributed by atoms with Crippen LogP contribution in [0.4, 0.5) is 10.1 Å². The molecular weight excluding hydrogens is 303 g/mol. The zero-order chi connectivity index (χ0) is 14.4. The number of hydrogen-bond donors (Lipinski definition) is 2. The molecule has 0 radical (unpaired) electrons. The highest BCUT2D eigenvalue weighted by atomic mass is 35.5. The Bertz CT molecular complexity index is 599. The third kappa shape index (κ3) is 2.52. The van der Waals surface area contributed by atoms with E-state index in [1.165, 1.54) is 25.7 Å². The van der Waals surface area contributed by atoms with Gasteiger partial charge in [0, 0.05) is 12.5 Å². The monoisotopic (exact) mass is 324 g/mol. The molecule has 1 aromatic carbocycles. The molecule has 0 saturated heterocycles. The van der Waals surface area contributed by atoms with E-state index < -0.39 is 0 Å². The molecule has 120 valence electrons. The molecule has 2 saturated carbocycles. The second kappa shape index (κ2) is 5.82. The van der Waals surface area contributed by atoms with Gasteiger partial charge < -0.3 is 10.6 Å². The van der Waals surface area contributed by atoms with Crippen molar-refractivity contribution in [1.82, 2.24) is 5.32 Å². The lowest BCUT2D eigenvalue weighted by atomic mass is 9.99. The molecule has 1 heterocycles. The van der Waals surface area contributed by atoms with Crippen molar-refractivity contribution in [3.63, 3.8) is 0 Å². The number of carbonyl (C=O) groups is 1. The van der Waals surface area contributed by atoms with Gasteiger partial charge >= 0.3 is 0 Å². The van der Waals surface area contributed by atoms with Gasteiger partial charge in [0.05, 0.1) is 5.69 Å². The lowest BCUT2D eigenvalue weighted by molar-refractivity contribution is -0.118. The van der Waals surface area contributed by atoms with Gasteiger partial charge in [-0.15, -0.1) is 12.4 Å². The van der Waals surface area contributed by atoms with Crippen molar-refractivity contribution >= 4 is 24.0 Å². The summed E-state index contributed by atoms with van der Waals surface area (Å²) in [5.41, 5.74) is 2.40. The molecule has 0 bridgehead atoms. The molecule has 2 aliphatic carbocycles. The Balaban J connectivity index is 0.00000144. The molecule has 2 N–H and O–H groups in total. The maximum atomic E-state index is 14.5. The molecule has 1 spiro atoms. The van der Waals surface area contributed by atoms with Gasteiger partial charge in [0.25, 0.3) is 0 Å². The molecule has 3 nitrogen and oxygen atoms in total. The van der Waals surface area contributed by atoms with Crippen LogP contribution in [0.25, 0.3) is 0 Å². The second-order valence-electron chi connectivity index (χ2n) is 6.81. The molecule has 1 atom stereocenters. The van der Waals surface area contributed by atoms with Gasteiger partial charge in [0.15, 0.2) is 0 Å². The van der Waals surface area contributed by atoms with Gasteiger partial charge in [-0.1, -0.05) is 18.9 Å². The fraction of sp³-hybridized carbons (Fsp3) is 0.588. The molecule has 3 aliphatic rings. The number of hydrogen-bond acceptors (Lipinski definition) is 2. The number of fused-ring (bicyclic) bond motifs is 1. The smallest absolute Gasteiger partial charge is 0.228 e. The number of benzene rings is 1. The van der Waals surface area contributed by atoms with Crippen molar-refractivity contribution in [2.75, 3.05) is 11.9 Å². The van der Waals surface area contributed by atoms with E-state index in [1.54, 1.807) is 6.07 Å². The predicted octanol–water partition coefficient (Wildman–Crippen LogP) is 3.41. The number of carbonyl (C=O) groups excluding carboxylic acids is 1. The summed E-state index contributed by atoms with van der Waals surface area (Å²) in [5, 5.41) is 6.07. The lowest BCUT2D eigenvalue weighted by Gasteiger charge is -2.19. The van der Waals surface area contributed by atoms with Gasteiger partial charge in [-0.05, 0) is 54.8 Å². The van der Waals surface area contributed by atoms with E-state index in [0.29, 0.717) is 18.7 Å². The van der Waals surface area contributed by atoms with Crippen molar-refractivity contribution in [1.29, 1.82) is 0 Å². The molecule has 0 aromatic heterocycles. The molecule has 5 heteroatoms. The molecule has 22 heavy (non-hydrogen) atoms. The molecule has 1 unspecified atom stereocenters. The fourth-order valence-electron chi connectivity index (χ4n) is 4.20. The summed E-state index contributed by atoms with van der Waals surface area (Å²) in [6.45, 7) is 1.51. The van der Waals surface area contributed by atoms with Crippen LogP contribution in [0.5, 0.6) is 0 Å². The van der Waals surface area contributed by atoms with Crippen LogP contribution in [0.1, 0.15) is 43.2 Å². The fourth-order valence-corrected chi connectivity index (χ4v) is 4.20. The number of amides is 1. The van der Waals surface area contributed by atoms with E-state index in [2.05, 4.69) is 10.6 Å². The SMILES string of the molecule is Cl.O=C(Nc1ccc2c(c1F)CCNC2)C1CC12CCCC2. The van der Waals surface area contributed by atoms with Crippen LogP contribution >= 0.6 is 12.4 Å². The topological polar surface area (TPSA) is 41.1 Å². The third-order valence-corrected chi connectivity index (χ3v) is 5.57. The van der Waals surface area contributed by atoms with E-state index in [9.17, 15) is 9.18 Å². The second-order valence-corrected chi connectivity index (χ2v) is 6.81. The minimum atomic E-state index is -0.233. The Labute approximate surface area is 136 Å². The van der Waals surface area contributed by atoms with Crippen molar-refractivity contribution in [2.24, 2.45) is 11.3 Å². The van der Waals surface area contributed by atoms with Crippen molar-refractivity contribution in [2.45, 2.75) is 45.1 Å². The number of halogens is 2. The predicted molar refractivity (Wildman–Crippen MR) is 86.7 cm³/mol. The summed E-state index contributed by atoms with van der Waals surface area (Å²) >= 11 is 0. The zero-order valence-electron chi connectivity index (χ0n) is 12.6. The first-order valence-electron chi connectivity index (χ1n) is 8.01. The van der Waals surface area contributed by atoms with Crippen molar-refractivity contribution in [3.05, 3.63) is 29.1 Å². The van der Waals surface area contributed by atoms with Crippen LogP contribution in [0.15, 0.2) is 12.1 Å². The van der Waals surface area contributed by atoms with Crippen LogP contribution in [0.2, 0.25) is 0 Å². The third-order valence-electron chi connectivity index (χ3n) is 5.57. The lowest BCUT2D eigenvalue weighted by Crippen LogP contribution is -2.25. The first-order chi connectivity index (χ1) is 10.2. The van der Waals surface area contributed by atoms with Crippen LogP contribution < -0.4 is 10.6 Å². The van der Waals surface area contributed by atoms with Crippen LogP contribution in [0, 0.1) is 17.2 Å². The highest BCUT2D eigenvalue weighted by Gasteiger charge is 2.58. The van der Waals surface area contributed by atoms with E-state index in [-0.39, 0.29) is 35.5 Å². The van der Waals surface area contributed by atoms with Crippen molar-refractivity contribution < 1.29 is 9.18 Å². The van der Waals surface area contributed by atoms with Gasteiger partial charge in [-0.3, -0.25) is 4.79 Å². The molecule has 2 fully saturated rings. The van der Waals surface area contributed by atoms with Crippen molar-refractivity contribution in [3.8, 4) is 0 Å². The minimum Gasteiger partial charge on any atom is -0.323 e. The first kappa shape index (κ1) is 15.8. The van der Waals surface area contributed by atoms with Gasteiger partial charge in [-0.2, -0.15) is 0 Å². The summed E-state index contributed by atoms with van der Waals surface area (Å²) in [5.74, 6) is -0.106. The van der Waals surface area contributed by atoms with Gasteiger partial charge in [0.2, 0.25) is 5.91 Å². The Morgan fingerprint density at radius 1 is 1.32 bits per heavy atom. The Hall–Kier alpha value is -1.13. The standard InChI is InChI=1S/C17H21FN2O.ClH/c18-15-12-5-8-19-10-11(12)3-4-14(15)20-16(21)13-9-17(13)6-1-2-7-17;/h3-4,13,19H,1-2,5-10H2,(H,20,21);1H. The first-order valence-corrected chi connectivity index (χ1v) is 8.01.